The minimum Gasteiger partial charge on any atom is -0.313 e. The molecule has 1 atom stereocenters. The summed E-state index contributed by atoms with van der Waals surface area (Å²) in [5.41, 5.74) is 5.23. The van der Waals surface area contributed by atoms with E-state index in [1.54, 1.807) is 0 Å². The van der Waals surface area contributed by atoms with Gasteiger partial charge in [0.05, 0.1) is 0 Å². The number of hydrogen-bond acceptors (Lipinski definition) is 3. The number of Topliss-reactive ketones (excluding diaryl/α,β-unsaturated/α-hetero) is 1. The molecule has 42 valence electrons. The highest BCUT2D eigenvalue weighted by molar-refractivity contribution is 7.99. The summed E-state index contributed by atoms with van der Waals surface area (Å²) in [6.45, 7) is 1.49. The van der Waals surface area contributed by atoms with Crippen molar-refractivity contribution >= 4 is 17.5 Å². The van der Waals surface area contributed by atoms with E-state index in [-0.39, 0.29) is 11.2 Å². The number of carbonyl (C=O) groups is 1. The summed E-state index contributed by atoms with van der Waals surface area (Å²) in [6, 6.07) is 0. The molecule has 1 unspecified atom stereocenters. The number of hydrogen-bond donors (Lipinski definition) is 1. The van der Waals surface area contributed by atoms with Crippen LogP contribution in [-0.4, -0.2) is 17.4 Å². The molecule has 0 aromatic rings. The van der Waals surface area contributed by atoms with Gasteiger partial charge < -0.3 is 5.73 Å². The van der Waals surface area contributed by atoms with Crippen molar-refractivity contribution in [3.8, 4) is 0 Å². The molecule has 0 heterocycles. The van der Waals surface area contributed by atoms with E-state index in [1.807, 2.05) is 6.26 Å². The monoisotopic (exact) mass is 119 g/mol. The van der Waals surface area contributed by atoms with E-state index >= 15 is 0 Å². The lowest BCUT2D eigenvalue weighted by atomic mass is 10.5. The standard InChI is InChI=1S/C4H9NOS/c1-3(6)4(5)7-2/h4H,5H2,1-2H3. The predicted molar refractivity (Wildman–Crippen MR) is 32.2 cm³/mol. The topological polar surface area (TPSA) is 43.1 Å². The molecule has 0 amide bonds. The maximum absolute atomic E-state index is 10.2. The van der Waals surface area contributed by atoms with Crippen molar-refractivity contribution in [1.29, 1.82) is 0 Å². The van der Waals surface area contributed by atoms with E-state index in [2.05, 4.69) is 0 Å². The molecule has 0 aromatic heterocycles. The molecule has 0 rings (SSSR count). The Hall–Kier alpha value is -0.0200. The summed E-state index contributed by atoms with van der Waals surface area (Å²) in [5.74, 6) is 0.0347. The van der Waals surface area contributed by atoms with Crippen LogP contribution < -0.4 is 5.73 Å². The lowest BCUT2D eigenvalue weighted by Gasteiger charge is -1.98. The highest BCUT2D eigenvalue weighted by Crippen LogP contribution is 1.97. The van der Waals surface area contributed by atoms with Crippen LogP contribution in [0.15, 0.2) is 0 Å². The van der Waals surface area contributed by atoms with Gasteiger partial charge in [-0.2, -0.15) is 0 Å². The van der Waals surface area contributed by atoms with Crippen molar-refractivity contribution < 1.29 is 4.79 Å². The second-order valence-corrected chi connectivity index (χ2v) is 2.25. The van der Waals surface area contributed by atoms with Crippen molar-refractivity contribution in [2.24, 2.45) is 5.73 Å². The van der Waals surface area contributed by atoms with Gasteiger partial charge in [0.25, 0.3) is 0 Å². The predicted octanol–water partition coefficient (Wildman–Crippen LogP) is 0.223. The fourth-order valence-electron chi connectivity index (χ4n) is 0.166. The molecular formula is C4H9NOS. The molecule has 0 saturated carbocycles. The maximum atomic E-state index is 10.2. The van der Waals surface area contributed by atoms with Crippen molar-refractivity contribution in [3.63, 3.8) is 0 Å². The summed E-state index contributed by atoms with van der Waals surface area (Å²) in [7, 11) is 0. The summed E-state index contributed by atoms with van der Waals surface area (Å²) < 4.78 is 0. The first-order chi connectivity index (χ1) is 3.18. The van der Waals surface area contributed by atoms with Gasteiger partial charge in [0.1, 0.15) is 5.37 Å². The van der Waals surface area contributed by atoms with Crippen molar-refractivity contribution in [2.75, 3.05) is 6.26 Å². The van der Waals surface area contributed by atoms with Crippen LogP contribution in [0.5, 0.6) is 0 Å². The minimum absolute atomic E-state index is 0.0347. The molecular weight excluding hydrogens is 110 g/mol. The second-order valence-electron chi connectivity index (χ2n) is 1.27. The number of nitrogens with two attached hydrogens (primary N) is 1. The molecule has 0 aliphatic rings. The van der Waals surface area contributed by atoms with E-state index in [0.717, 1.165) is 0 Å². The Kier molecular flexibility index (Phi) is 3.04. The molecule has 0 spiro atoms. The van der Waals surface area contributed by atoms with E-state index in [9.17, 15) is 4.79 Å². The first kappa shape index (κ1) is 6.98. The van der Waals surface area contributed by atoms with E-state index in [4.69, 9.17) is 5.73 Å². The molecule has 2 N–H and O–H groups in total. The third kappa shape index (κ3) is 2.65. The van der Waals surface area contributed by atoms with Gasteiger partial charge in [-0.05, 0) is 13.2 Å². The highest BCUT2D eigenvalue weighted by atomic mass is 32.2. The van der Waals surface area contributed by atoms with E-state index in [1.165, 1.54) is 18.7 Å². The lowest BCUT2D eigenvalue weighted by Crippen LogP contribution is -2.23. The molecule has 0 aliphatic heterocycles. The van der Waals surface area contributed by atoms with Crippen LogP contribution in [0.25, 0.3) is 0 Å². The van der Waals surface area contributed by atoms with Crippen LogP contribution in [0.1, 0.15) is 6.92 Å². The van der Waals surface area contributed by atoms with Crippen LogP contribution in [0, 0.1) is 0 Å². The fraction of sp³-hybridized carbons (Fsp3) is 0.750. The first-order valence-electron chi connectivity index (χ1n) is 1.97. The van der Waals surface area contributed by atoms with Crippen LogP contribution in [0.4, 0.5) is 0 Å². The SMILES string of the molecule is CSC(N)C(C)=O. The molecule has 2 nitrogen and oxygen atoms in total. The van der Waals surface area contributed by atoms with Crippen molar-refractivity contribution in [2.45, 2.75) is 12.3 Å². The molecule has 0 bridgehead atoms. The Labute approximate surface area is 47.5 Å². The summed E-state index contributed by atoms with van der Waals surface area (Å²) in [6.07, 6.45) is 1.81. The quantitative estimate of drug-likeness (QED) is 0.529. The highest BCUT2D eigenvalue weighted by Gasteiger charge is 2.02. The molecule has 0 aliphatic carbocycles. The summed E-state index contributed by atoms with van der Waals surface area (Å²) >= 11 is 1.36. The zero-order valence-corrected chi connectivity index (χ0v) is 5.29. The Morgan fingerprint density at radius 3 is 2.29 bits per heavy atom. The average Bonchev–Trinajstić information content (AvgIpc) is 1.65. The Balaban J connectivity index is 3.34. The number of thioether (sulfide) groups is 1. The van der Waals surface area contributed by atoms with Gasteiger partial charge in [0.15, 0.2) is 5.78 Å². The molecule has 0 fully saturated rings. The summed E-state index contributed by atoms with van der Waals surface area (Å²) in [4.78, 5) is 10.2. The van der Waals surface area contributed by atoms with E-state index < -0.39 is 0 Å². The number of rotatable bonds is 2. The number of ketones is 1. The molecule has 0 aromatic carbocycles. The Bertz CT molecular complexity index is 74.1. The average molecular weight is 119 g/mol. The normalized spacial score (nSPS) is 13.6. The number of carbonyl (C=O) groups excluding carboxylic acids is 1. The molecule has 0 saturated heterocycles. The largest absolute Gasteiger partial charge is 0.313 e. The smallest absolute Gasteiger partial charge is 0.156 e. The molecule has 3 heteroatoms. The maximum Gasteiger partial charge on any atom is 0.156 e. The third-order valence-corrected chi connectivity index (χ3v) is 1.49. The zero-order valence-electron chi connectivity index (χ0n) is 4.47. The van der Waals surface area contributed by atoms with E-state index in [0.29, 0.717) is 0 Å². The zero-order chi connectivity index (χ0) is 5.86. The van der Waals surface area contributed by atoms with Gasteiger partial charge in [-0.15, -0.1) is 11.8 Å². The van der Waals surface area contributed by atoms with Gasteiger partial charge in [-0.25, -0.2) is 0 Å². The molecule has 0 radical (unpaired) electrons. The van der Waals surface area contributed by atoms with Crippen molar-refractivity contribution in [1.82, 2.24) is 0 Å². The Morgan fingerprint density at radius 2 is 2.29 bits per heavy atom. The van der Waals surface area contributed by atoms with Gasteiger partial charge in [-0.1, -0.05) is 0 Å². The van der Waals surface area contributed by atoms with Gasteiger partial charge in [-0.3, -0.25) is 4.79 Å². The van der Waals surface area contributed by atoms with Crippen LogP contribution >= 0.6 is 11.8 Å². The second kappa shape index (κ2) is 3.04. The minimum atomic E-state index is -0.319. The van der Waals surface area contributed by atoms with Crippen LogP contribution in [-0.2, 0) is 4.79 Å². The molecule has 7 heavy (non-hydrogen) atoms. The van der Waals surface area contributed by atoms with Gasteiger partial charge in [0, 0.05) is 0 Å². The van der Waals surface area contributed by atoms with Crippen LogP contribution in [0.3, 0.4) is 0 Å². The fourth-order valence-corrected chi connectivity index (χ4v) is 0.498. The van der Waals surface area contributed by atoms with Gasteiger partial charge in [0.2, 0.25) is 0 Å². The first-order valence-corrected chi connectivity index (χ1v) is 3.26. The van der Waals surface area contributed by atoms with Crippen LogP contribution in [0.2, 0.25) is 0 Å². The van der Waals surface area contributed by atoms with Gasteiger partial charge >= 0.3 is 0 Å². The third-order valence-electron chi connectivity index (χ3n) is 0.655. The summed E-state index contributed by atoms with van der Waals surface area (Å²) in [5, 5.41) is -0.319. The Morgan fingerprint density at radius 1 is 1.86 bits per heavy atom. The van der Waals surface area contributed by atoms with Crippen molar-refractivity contribution in [3.05, 3.63) is 0 Å². The lowest BCUT2D eigenvalue weighted by molar-refractivity contribution is -0.116.